The number of aromatic nitrogens is 3. The van der Waals surface area contributed by atoms with Gasteiger partial charge in [-0.05, 0) is 30.5 Å². The standard InChI is InChI=1S/C14H16BrN3O3S/c1-18-9-16-17-13(18)14(10-4-3-5-11(15)6-10)7-12(8-14)21-22(2,19)20/h3-6,9,12H,7-8H2,1-2H3/t12-,14+. The fourth-order valence-corrected chi connectivity index (χ4v) is 4.11. The topological polar surface area (TPSA) is 74.1 Å². The van der Waals surface area contributed by atoms with Crippen LogP contribution in [0.5, 0.6) is 0 Å². The smallest absolute Gasteiger partial charge is 0.264 e. The Bertz CT molecular complexity index is 797. The Morgan fingerprint density at radius 2 is 2.14 bits per heavy atom. The average Bonchev–Trinajstić information content (AvgIpc) is 2.78. The molecule has 0 spiro atoms. The van der Waals surface area contributed by atoms with Crippen LogP contribution in [0.1, 0.15) is 24.2 Å². The van der Waals surface area contributed by atoms with E-state index in [0.29, 0.717) is 12.8 Å². The first-order valence-electron chi connectivity index (χ1n) is 6.79. The molecule has 1 fully saturated rings. The van der Waals surface area contributed by atoms with Crippen LogP contribution in [0.15, 0.2) is 35.1 Å². The molecule has 1 aromatic carbocycles. The zero-order valence-corrected chi connectivity index (χ0v) is 14.6. The Morgan fingerprint density at radius 3 is 2.68 bits per heavy atom. The van der Waals surface area contributed by atoms with Crippen LogP contribution < -0.4 is 0 Å². The molecule has 0 radical (unpaired) electrons. The first kappa shape index (κ1) is 15.6. The summed E-state index contributed by atoms with van der Waals surface area (Å²) in [5.41, 5.74) is 0.705. The van der Waals surface area contributed by atoms with Crippen LogP contribution in [0.2, 0.25) is 0 Å². The van der Waals surface area contributed by atoms with Crippen molar-refractivity contribution in [1.29, 1.82) is 0 Å². The Morgan fingerprint density at radius 1 is 1.41 bits per heavy atom. The Hall–Kier alpha value is -1.25. The molecule has 0 N–H and O–H groups in total. The van der Waals surface area contributed by atoms with Gasteiger partial charge in [-0.3, -0.25) is 4.18 Å². The van der Waals surface area contributed by atoms with Crippen LogP contribution in [0.4, 0.5) is 0 Å². The summed E-state index contributed by atoms with van der Waals surface area (Å²) in [6.07, 6.45) is 3.52. The third-order valence-electron chi connectivity index (χ3n) is 3.98. The molecule has 0 unspecified atom stereocenters. The van der Waals surface area contributed by atoms with Gasteiger partial charge in [-0.25, -0.2) is 0 Å². The monoisotopic (exact) mass is 385 g/mol. The lowest BCUT2D eigenvalue weighted by Gasteiger charge is -2.46. The normalized spacial score (nSPS) is 25.0. The van der Waals surface area contributed by atoms with E-state index in [1.54, 1.807) is 6.33 Å². The predicted molar refractivity (Wildman–Crippen MR) is 84.9 cm³/mol. The summed E-state index contributed by atoms with van der Waals surface area (Å²) in [7, 11) is -1.57. The molecule has 1 saturated carbocycles. The highest BCUT2D eigenvalue weighted by Crippen LogP contribution is 2.50. The molecule has 0 saturated heterocycles. The van der Waals surface area contributed by atoms with Gasteiger partial charge in [-0.1, -0.05) is 28.1 Å². The minimum atomic E-state index is -3.46. The molecule has 0 amide bonds. The van der Waals surface area contributed by atoms with Crippen LogP contribution in [-0.2, 0) is 26.8 Å². The number of rotatable bonds is 4. The molecule has 0 bridgehead atoms. The van der Waals surface area contributed by atoms with Gasteiger partial charge in [0.2, 0.25) is 0 Å². The lowest BCUT2D eigenvalue weighted by molar-refractivity contribution is 0.0598. The summed E-state index contributed by atoms with van der Waals surface area (Å²) in [4.78, 5) is 0. The van der Waals surface area contributed by atoms with E-state index in [2.05, 4.69) is 26.1 Å². The summed E-state index contributed by atoms with van der Waals surface area (Å²) in [5.74, 6) is 0.818. The molecule has 118 valence electrons. The third kappa shape index (κ3) is 2.82. The van der Waals surface area contributed by atoms with Gasteiger partial charge < -0.3 is 4.57 Å². The van der Waals surface area contributed by atoms with Crippen LogP contribution in [-0.4, -0.2) is 35.5 Å². The minimum Gasteiger partial charge on any atom is -0.320 e. The van der Waals surface area contributed by atoms with Crippen molar-refractivity contribution in [2.45, 2.75) is 24.4 Å². The van der Waals surface area contributed by atoms with Crippen molar-refractivity contribution in [3.63, 3.8) is 0 Å². The zero-order chi connectivity index (χ0) is 16.0. The molecule has 3 rings (SSSR count). The number of nitrogens with zero attached hydrogens (tertiary/aromatic N) is 3. The van der Waals surface area contributed by atoms with Crippen molar-refractivity contribution in [2.75, 3.05) is 6.26 Å². The van der Waals surface area contributed by atoms with Crippen LogP contribution in [0, 0.1) is 0 Å². The summed E-state index contributed by atoms with van der Waals surface area (Å²) < 4.78 is 30.6. The molecule has 0 aliphatic heterocycles. The summed E-state index contributed by atoms with van der Waals surface area (Å²) in [5, 5.41) is 8.20. The molecule has 8 heteroatoms. The second-order valence-corrected chi connectivity index (χ2v) is 8.20. The number of aryl methyl sites for hydroxylation is 1. The largest absolute Gasteiger partial charge is 0.320 e. The third-order valence-corrected chi connectivity index (χ3v) is 5.09. The van der Waals surface area contributed by atoms with Gasteiger partial charge in [0.15, 0.2) is 0 Å². The Kier molecular flexibility index (Phi) is 3.86. The van der Waals surface area contributed by atoms with Crippen molar-refractivity contribution >= 4 is 26.0 Å². The molecular formula is C14H16BrN3O3S. The van der Waals surface area contributed by atoms with Crippen LogP contribution in [0.3, 0.4) is 0 Å². The molecular weight excluding hydrogens is 370 g/mol. The molecule has 1 aromatic heterocycles. The molecule has 6 nitrogen and oxygen atoms in total. The van der Waals surface area contributed by atoms with Crippen molar-refractivity contribution in [2.24, 2.45) is 7.05 Å². The average molecular weight is 386 g/mol. The zero-order valence-electron chi connectivity index (χ0n) is 12.2. The van der Waals surface area contributed by atoms with E-state index >= 15 is 0 Å². The molecule has 1 aliphatic rings. The second kappa shape index (κ2) is 5.43. The number of benzene rings is 1. The summed E-state index contributed by atoms with van der Waals surface area (Å²) in [6.45, 7) is 0. The predicted octanol–water partition coefficient (Wildman–Crippen LogP) is 2.00. The number of halogens is 1. The lowest BCUT2D eigenvalue weighted by Crippen LogP contribution is -2.49. The highest BCUT2D eigenvalue weighted by Gasteiger charge is 2.51. The molecule has 2 aromatic rings. The van der Waals surface area contributed by atoms with Crippen molar-refractivity contribution in [3.05, 3.63) is 46.5 Å². The van der Waals surface area contributed by atoms with E-state index in [0.717, 1.165) is 22.1 Å². The number of hydrogen-bond acceptors (Lipinski definition) is 5. The van der Waals surface area contributed by atoms with E-state index in [4.69, 9.17) is 4.18 Å². The maximum atomic E-state index is 11.3. The van der Waals surface area contributed by atoms with Crippen LogP contribution in [0.25, 0.3) is 0 Å². The van der Waals surface area contributed by atoms with Crippen molar-refractivity contribution in [1.82, 2.24) is 14.8 Å². The maximum Gasteiger partial charge on any atom is 0.264 e. The fraction of sp³-hybridized carbons (Fsp3) is 0.429. The van der Waals surface area contributed by atoms with Gasteiger partial charge in [0.25, 0.3) is 10.1 Å². The van der Waals surface area contributed by atoms with Gasteiger partial charge >= 0.3 is 0 Å². The van der Waals surface area contributed by atoms with Gasteiger partial charge in [-0.2, -0.15) is 8.42 Å². The van der Waals surface area contributed by atoms with E-state index in [-0.39, 0.29) is 11.5 Å². The van der Waals surface area contributed by atoms with Gasteiger partial charge in [0, 0.05) is 11.5 Å². The van der Waals surface area contributed by atoms with Crippen LogP contribution >= 0.6 is 15.9 Å². The van der Waals surface area contributed by atoms with Gasteiger partial charge in [0.1, 0.15) is 12.2 Å². The second-order valence-electron chi connectivity index (χ2n) is 5.69. The Balaban J connectivity index is 1.98. The Labute approximate surface area is 137 Å². The number of hydrogen-bond donors (Lipinski definition) is 0. The molecule has 1 aliphatic carbocycles. The molecule has 1 heterocycles. The quantitative estimate of drug-likeness (QED) is 0.752. The lowest BCUT2D eigenvalue weighted by atomic mass is 9.62. The van der Waals surface area contributed by atoms with Crippen molar-refractivity contribution in [3.8, 4) is 0 Å². The van der Waals surface area contributed by atoms with E-state index in [1.165, 1.54) is 0 Å². The van der Waals surface area contributed by atoms with Crippen molar-refractivity contribution < 1.29 is 12.6 Å². The highest BCUT2D eigenvalue weighted by molar-refractivity contribution is 9.10. The van der Waals surface area contributed by atoms with Gasteiger partial charge in [0.05, 0.1) is 17.8 Å². The maximum absolute atomic E-state index is 11.3. The SMILES string of the molecule is Cn1cnnc1[C@]1(c2cccc(Br)c2)C[C@H](OS(C)(=O)=O)C1. The van der Waals surface area contributed by atoms with Gasteiger partial charge in [-0.15, -0.1) is 10.2 Å². The molecule has 22 heavy (non-hydrogen) atoms. The summed E-state index contributed by atoms with van der Waals surface area (Å²) in [6, 6.07) is 7.97. The minimum absolute atomic E-state index is 0.328. The summed E-state index contributed by atoms with van der Waals surface area (Å²) >= 11 is 3.48. The van der Waals surface area contributed by atoms with E-state index in [1.807, 2.05) is 35.9 Å². The first-order valence-corrected chi connectivity index (χ1v) is 9.40. The van der Waals surface area contributed by atoms with E-state index < -0.39 is 10.1 Å². The molecule has 0 atom stereocenters. The van der Waals surface area contributed by atoms with E-state index in [9.17, 15) is 8.42 Å². The fourth-order valence-electron chi connectivity index (χ4n) is 3.08. The first-order chi connectivity index (χ1) is 10.3. The highest BCUT2D eigenvalue weighted by atomic mass is 79.9.